The summed E-state index contributed by atoms with van der Waals surface area (Å²) in [5, 5.41) is 6.18. The van der Waals surface area contributed by atoms with Crippen LogP contribution >= 0.6 is 0 Å². The van der Waals surface area contributed by atoms with E-state index in [4.69, 9.17) is 4.74 Å². The molecule has 0 aliphatic carbocycles. The van der Waals surface area contributed by atoms with Gasteiger partial charge in [-0.1, -0.05) is 0 Å². The first-order valence-electron chi connectivity index (χ1n) is 5.99. The third-order valence-electron chi connectivity index (χ3n) is 3.15. The number of rotatable bonds is 3. The van der Waals surface area contributed by atoms with Crippen LogP contribution in [-0.4, -0.2) is 37.7 Å². The molecule has 2 unspecified atom stereocenters. The molecule has 0 aromatic heterocycles. The zero-order valence-electron chi connectivity index (χ0n) is 9.13. The lowest BCUT2D eigenvalue weighted by atomic mass is 10.1. The van der Waals surface area contributed by atoms with Crippen LogP contribution in [0.15, 0.2) is 0 Å². The Labute approximate surface area is 90.8 Å². The summed E-state index contributed by atoms with van der Waals surface area (Å²) in [4.78, 5) is 11.5. The van der Waals surface area contributed by atoms with E-state index in [9.17, 15) is 4.79 Å². The van der Waals surface area contributed by atoms with Gasteiger partial charge < -0.3 is 15.4 Å². The fourth-order valence-electron chi connectivity index (χ4n) is 2.21. The van der Waals surface area contributed by atoms with Gasteiger partial charge in [-0.3, -0.25) is 4.79 Å². The van der Waals surface area contributed by atoms with Crippen molar-refractivity contribution in [1.29, 1.82) is 0 Å². The van der Waals surface area contributed by atoms with Crippen LogP contribution in [-0.2, 0) is 9.53 Å². The summed E-state index contributed by atoms with van der Waals surface area (Å²) in [6.45, 7) is 2.53. The Hall–Kier alpha value is -0.610. The average Bonchev–Trinajstić information content (AvgIpc) is 2.29. The average molecular weight is 212 g/mol. The monoisotopic (exact) mass is 212 g/mol. The van der Waals surface area contributed by atoms with E-state index in [1.165, 1.54) is 12.8 Å². The first-order valence-corrected chi connectivity index (χ1v) is 5.99. The quantitative estimate of drug-likeness (QED) is 0.713. The van der Waals surface area contributed by atoms with Crippen molar-refractivity contribution >= 4 is 5.91 Å². The molecule has 0 aromatic rings. The van der Waals surface area contributed by atoms with Gasteiger partial charge in [-0.15, -0.1) is 0 Å². The highest BCUT2D eigenvalue weighted by molar-refractivity contribution is 5.82. The minimum atomic E-state index is 0.00396. The molecule has 0 saturated carbocycles. The third kappa shape index (κ3) is 3.18. The van der Waals surface area contributed by atoms with Crippen LogP contribution in [0.5, 0.6) is 0 Å². The Morgan fingerprint density at radius 1 is 1.33 bits per heavy atom. The highest BCUT2D eigenvalue weighted by Gasteiger charge is 2.23. The van der Waals surface area contributed by atoms with E-state index in [-0.39, 0.29) is 11.9 Å². The van der Waals surface area contributed by atoms with Crippen LogP contribution in [0.25, 0.3) is 0 Å². The first kappa shape index (κ1) is 10.9. The second kappa shape index (κ2) is 5.47. The predicted molar refractivity (Wildman–Crippen MR) is 57.6 cm³/mol. The third-order valence-corrected chi connectivity index (χ3v) is 3.15. The number of carbonyl (C=O) groups excluding carboxylic acids is 1. The van der Waals surface area contributed by atoms with Gasteiger partial charge >= 0.3 is 0 Å². The second-order valence-corrected chi connectivity index (χ2v) is 4.38. The molecule has 2 saturated heterocycles. The highest BCUT2D eigenvalue weighted by atomic mass is 16.5. The number of amides is 1. The standard InChI is InChI=1S/C11H20N2O2/c14-11-10(5-3-6-12-11)13-8-9-4-1-2-7-15-9/h9-10,13H,1-8H2,(H,12,14). The number of nitrogens with one attached hydrogen (secondary N) is 2. The Kier molecular flexibility index (Phi) is 3.97. The molecule has 0 spiro atoms. The van der Waals surface area contributed by atoms with Crippen LogP contribution in [0.3, 0.4) is 0 Å². The van der Waals surface area contributed by atoms with Gasteiger partial charge in [0.2, 0.25) is 5.91 Å². The maximum absolute atomic E-state index is 11.5. The lowest BCUT2D eigenvalue weighted by molar-refractivity contribution is -0.124. The minimum absolute atomic E-state index is 0.00396. The van der Waals surface area contributed by atoms with E-state index in [0.29, 0.717) is 6.10 Å². The Bertz CT molecular complexity index is 215. The summed E-state index contributed by atoms with van der Waals surface area (Å²) in [5.41, 5.74) is 0. The SMILES string of the molecule is O=C1NCCCC1NCC1CCCCO1. The highest BCUT2D eigenvalue weighted by Crippen LogP contribution is 2.12. The minimum Gasteiger partial charge on any atom is -0.377 e. The van der Waals surface area contributed by atoms with Gasteiger partial charge in [-0.25, -0.2) is 0 Å². The molecule has 2 aliphatic rings. The molecule has 0 bridgehead atoms. The number of ether oxygens (including phenoxy) is 1. The number of hydrogen-bond donors (Lipinski definition) is 2. The largest absolute Gasteiger partial charge is 0.377 e. The summed E-state index contributed by atoms with van der Waals surface area (Å²) in [7, 11) is 0. The second-order valence-electron chi connectivity index (χ2n) is 4.38. The molecule has 0 radical (unpaired) electrons. The van der Waals surface area contributed by atoms with Crippen molar-refractivity contribution in [2.24, 2.45) is 0 Å². The summed E-state index contributed by atoms with van der Waals surface area (Å²) in [5.74, 6) is 0.150. The van der Waals surface area contributed by atoms with Crippen LogP contribution in [0.2, 0.25) is 0 Å². The molecular weight excluding hydrogens is 192 g/mol. The van der Waals surface area contributed by atoms with Crippen molar-refractivity contribution in [3.05, 3.63) is 0 Å². The van der Waals surface area contributed by atoms with Gasteiger partial charge in [0.05, 0.1) is 12.1 Å². The maximum atomic E-state index is 11.5. The zero-order chi connectivity index (χ0) is 10.5. The first-order chi connectivity index (χ1) is 7.36. The molecular formula is C11H20N2O2. The number of piperidine rings is 1. The van der Waals surface area contributed by atoms with Crippen LogP contribution < -0.4 is 10.6 Å². The van der Waals surface area contributed by atoms with Crippen molar-refractivity contribution in [1.82, 2.24) is 10.6 Å². The van der Waals surface area contributed by atoms with Gasteiger partial charge in [0.15, 0.2) is 0 Å². The molecule has 2 atom stereocenters. The molecule has 2 fully saturated rings. The normalized spacial score (nSPS) is 32.4. The summed E-state index contributed by atoms with van der Waals surface area (Å²) in [6, 6.07) is 0.00396. The lowest BCUT2D eigenvalue weighted by Gasteiger charge is -2.27. The van der Waals surface area contributed by atoms with E-state index in [1.807, 2.05) is 0 Å². The molecule has 86 valence electrons. The molecule has 2 N–H and O–H groups in total. The van der Waals surface area contributed by atoms with Gasteiger partial charge in [-0.2, -0.15) is 0 Å². The Morgan fingerprint density at radius 2 is 2.27 bits per heavy atom. The Balaban J connectivity index is 1.69. The molecule has 2 heterocycles. The van der Waals surface area contributed by atoms with Crippen molar-refractivity contribution in [2.75, 3.05) is 19.7 Å². The van der Waals surface area contributed by atoms with Crippen LogP contribution in [0.1, 0.15) is 32.1 Å². The van der Waals surface area contributed by atoms with E-state index in [1.54, 1.807) is 0 Å². The maximum Gasteiger partial charge on any atom is 0.237 e. The van der Waals surface area contributed by atoms with Crippen molar-refractivity contribution in [2.45, 2.75) is 44.2 Å². The molecule has 1 amide bonds. The molecule has 2 rings (SSSR count). The van der Waals surface area contributed by atoms with Gasteiger partial charge in [0.1, 0.15) is 0 Å². The fraction of sp³-hybridized carbons (Fsp3) is 0.909. The van der Waals surface area contributed by atoms with E-state index in [0.717, 1.165) is 39.0 Å². The van der Waals surface area contributed by atoms with Gasteiger partial charge in [0, 0.05) is 19.7 Å². The van der Waals surface area contributed by atoms with Crippen molar-refractivity contribution < 1.29 is 9.53 Å². The van der Waals surface area contributed by atoms with Crippen molar-refractivity contribution in [3.63, 3.8) is 0 Å². The summed E-state index contributed by atoms with van der Waals surface area (Å²) in [6.07, 6.45) is 5.91. The van der Waals surface area contributed by atoms with E-state index < -0.39 is 0 Å². The number of carbonyl (C=O) groups is 1. The van der Waals surface area contributed by atoms with Gasteiger partial charge in [-0.05, 0) is 32.1 Å². The smallest absolute Gasteiger partial charge is 0.237 e. The molecule has 4 nitrogen and oxygen atoms in total. The van der Waals surface area contributed by atoms with Crippen LogP contribution in [0, 0.1) is 0 Å². The predicted octanol–water partition coefficient (Wildman–Crippen LogP) is 0.424. The zero-order valence-corrected chi connectivity index (χ0v) is 9.13. The van der Waals surface area contributed by atoms with Gasteiger partial charge in [0.25, 0.3) is 0 Å². The summed E-state index contributed by atoms with van der Waals surface area (Å²) < 4.78 is 5.61. The van der Waals surface area contributed by atoms with Crippen molar-refractivity contribution in [3.8, 4) is 0 Å². The summed E-state index contributed by atoms with van der Waals surface area (Å²) >= 11 is 0. The topological polar surface area (TPSA) is 50.4 Å². The molecule has 4 heteroatoms. The van der Waals surface area contributed by atoms with E-state index in [2.05, 4.69) is 10.6 Å². The van der Waals surface area contributed by atoms with Crippen LogP contribution in [0.4, 0.5) is 0 Å². The number of hydrogen-bond acceptors (Lipinski definition) is 3. The Morgan fingerprint density at radius 3 is 3.00 bits per heavy atom. The lowest BCUT2D eigenvalue weighted by Crippen LogP contribution is -2.50. The molecule has 2 aliphatic heterocycles. The fourth-order valence-corrected chi connectivity index (χ4v) is 2.21. The molecule has 0 aromatic carbocycles. The molecule has 15 heavy (non-hydrogen) atoms. The van der Waals surface area contributed by atoms with E-state index >= 15 is 0 Å².